The zero-order valence-electron chi connectivity index (χ0n) is 8.31. The monoisotopic (exact) mass is 289 g/mol. The van der Waals surface area contributed by atoms with Crippen molar-refractivity contribution in [2.75, 3.05) is 13.7 Å². The van der Waals surface area contributed by atoms with Crippen molar-refractivity contribution < 1.29 is 19.2 Å². The first-order valence-electron chi connectivity index (χ1n) is 4.18. The van der Waals surface area contributed by atoms with Crippen LogP contribution in [0.5, 0.6) is 5.75 Å². The number of methoxy groups -OCH3 is 1. The van der Waals surface area contributed by atoms with Gasteiger partial charge in [0.25, 0.3) is 5.69 Å². The number of esters is 1. The van der Waals surface area contributed by atoms with Crippen LogP contribution in [0.15, 0.2) is 22.7 Å². The summed E-state index contributed by atoms with van der Waals surface area (Å²) in [5.41, 5.74) is -0.0581. The lowest BCUT2D eigenvalue weighted by Gasteiger charge is -2.06. The van der Waals surface area contributed by atoms with Gasteiger partial charge in [-0.25, -0.2) is 4.79 Å². The standard InChI is InChI=1S/C9H8BrNO5/c1-15-9(12)5-16-8-3-2-6(11(13)14)4-7(8)10/h2-4H,5H2,1H3. The summed E-state index contributed by atoms with van der Waals surface area (Å²) >= 11 is 3.11. The number of carbonyl (C=O) groups is 1. The molecule has 86 valence electrons. The number of nitro benzene ring substituents is 1. The zero-order chi connectivity index (χ0) is 12.1. The van der Waals surface area contributed by atoms with Gasteiger partial charge >= 0.3 is 5.97 Å². The molecular formula is C9H8BrNO5. The van der Waals surface area contributed by atoms with Gasteiger partial charge in [0, 0.05) is 12.1 Å². The Bertz CT molecular complexity index is 420. The van der Waals surface area contributed by atoms with Crippen molar-refractivity contribution in [3.8, 4) is 5.75 Å². The highest BCUT2D eigenvalue weighted by atomic mass is 79.9. The van der Waals surface area contributed by atoms with Crippen LogP contribution in [0, 0.1) is 10.1 Å². The minimum atomic E-state index is -0.523. The number of nitro groups is 1. The normalized spacial score (nSPS) is 9.62. The van der Waals surface area contributed by atoms with Gasteiger partial charge in [0.05, 0.1) is 16.5 Å². The second-order valence-electron chi connectivity index (χ2n) is 2.74. The van der Waals surface area contributed by atoms with Gasteiger partial charge < -0.3 is 9.47 Å². The number of halogens is 1. The summed E-state index contributed by atoms with van der Waals surface area (Å²) in [5.74, 6) is -0.179. The minimum absolute atomic E-state index is 0.0581. The van der Waals surface area contributed by atoms with Crippen molar-refractivity contribution in [2.45, 2.75) is 0 Å². The molecule has 0 spiro atoms. The molecule has 0 heterocycles. The molecule has 0 aliphatic carbocycles. The molecule has 1 rings (SSSR count). The van der Waals surface area contributed by atoms with Crippen molar-refractivity contribution in [2.24, 2.45) is 0 Å². The molecule has 0 amide bonds. The summed E-state index contributed by atoms with van der Waals surface area (Å²) in [6.07, 6.45) is 0. The Balaban J connectivity index is 2.75. The highest BCUT2D eigenvalue weighted by Crippen LogP contribution is 2.28. The minimum Gasteiger partial charge on any atom is -0.481 e. The topological polar surface area (TPSA) is 78.7 Å². The van der Waals surface area contributed by atoms with E-state index in [0.29, 0.717) is 10.2 Å². The maximum Gasteiger partial charge on any atom is 0.343 e. The smallest absolute Gasteiger partial charge is 0.343 e. The predicted octanol–water partition coefficient (Wildman–Crippen LogP) is 1.91. The first kappa shape index (κ1) is 12.4. The summed E-state index contributed by atoms with van der Waals surface area (Å²) < 4.78 is 9.87. The van der Waals surface area contributed by atoms with Gasteiger partial charge in [0.1, 0.15) is 5.75 Å². The molecule has 1 aromatic rings. The van der Waals surface area contributed by atoms with Crippen molar-refractivity contribution in [1.82, 2.24) is 0 Å². The molecule has 0 N–H and O–H groups in total. The maximum atomic E-state index is 10.8. The van der Waals surface area contributed by atoms with E-state index in [9.17, 15) is 14.9 Å². The first-order valence-corrected chi connectivity index (χ1v) is 4.97. The van der Waals surface area contributed by atoms with Crippen LogP contribution in [-0.2, 0) is 9.53 Å². The van der Waals surface area contributed by atoms with Crippen LogP contribution >= 0.6 is 15.9 Å². The predicted molar refractivity (Wildman–Crippen MR) is 58.3 cm³/mol. The Morgan fingerprint density at radius 3 is 2.75 bits per heavy atom. The Labute approximate surface area is 99.4 Å². The lowest BCUT2D eigenvalue weighted by atomic mass is 10.3. The van der Waals surface area contributed by atoms with Crippen LogP contribution in [0.2, 0.25) is 0 Å². The summed E-state index contributed by atoms with van der Waals surface area (Å²) in [5, 5.41) is 10.4. The number of hydrogen-bond donors (Lipinski definition) is 0. The molecule has 0 fully saturated rings. The molecule has 7 heteroatoms. The van der Waals surface area contributed by atoms with Gasteiger partial charge in [-0.05, 0) is 22.0 Å². The molecular weight excluding hydrogens is 282 g/mol. The van der Waals surface area contributed by atoms with Gasteiger partial charge in [-0.1, -0.05) is 0 Å². The third kappa shape index (κ3) is 3.20. The Hall–Kier alpha value is -1.63. The highest BCUT2D eigenvalue weighted by Gasteiger charge is 2.11. The van der Waals surface area contributed by atoms with Gasteiger partial charge in [-0.3, -0.25) is 10.1 Å². The van der Waals surface area contributed by atoms with E-state index in [2.05, 4.69) is 20.7 Å². The first-order chi connectivity index (χ1) is 7.54. The quantitative estimate of drug-likeness (QED) is 0.481. The Morgan fingerprint density at radius 1 is 1.56 bits per heavy atom. The molecule has 16 heavy (non-hydrogen) atoms. The van der Waals surface area contributed by atoms with E-state index in [1.165, 1.54) is 25.3 Å². The van der Waals surface area contributed by atoms with E-state index in [1.807, 2.05) is 0 Å². The maximum absolute atomic E-state index is 10.8. The van der Waals surface area contributed by atoms with Crippen molar-refractivity contribution >= 4 is 27.6 Å². The Morgan fingerprint density at radius 2 is 2.25 bits per heavy atom. The second kappa shape index (κ2) is 5.45. The van der Waals surface area contributed by atoms with Crippen LogP contribution in [0.1, 0.15) is 0 Å². The van der Waals surface area contributed by atoms with E-state index in [-0.39, 0.29) is 12.3 Å². The number of rotatable bonds is 4. The second-order valence-corrected chi connectivity index (χ2v) is 3.59. The van der Waals surface area contributed by atoms with Crippen LogP contribution < -0.4 is 4.74 Å². The fourth-order valence-electron chi connectivity index (χ4n) is 0.916. The number of ether oxygens (including phenoxy) is 2. The van der Waals surface area contributed by atoms with Crippen molar-refractivity contribution in [3.05, 3.63) is 32.8 Å². The van der Waals surface area contributed by atoms with Crippen molar-refractivity contribution in [3.63, 3.8) is 0 Å². The van der Waals surface area contributed by atoms with Crippen LogP contribution in [0.4, 0.5) is 5.69 Å². The molecule has 0 unspecified atom stereocenters. The molecule has 0 aliphatic rings. The van der Waals surface area contributed by atoms with E-state index in [1.54, 1.807) is 0 Å². The lowest BCUT2D eigenvalue weighted by Crippen LogP contribution is -2.12. The van der Waals surface area contributed by atoms with E-state index in [4.69, 9.17) is 4.74 Å². The van der Waals surface area contributed by atoms with Crippen molar-refractivity contribution in [1.29, 1.82) is 0 Å². The fraction of sp³-hybridized carbons (Fsp3) is 0.222. The fourth-order valence-corrected chi connectivity index (χ4v) is 1.40. The number of nitrogens with zero attached hydrogens (tertiary/aromatic N) is 1. The number of benzene rings is 1. The zero-order valence-corrected chi connectivity index (χ0v) is 9.89. The van der Waals surface area contributed by atoms with Crippen LogP contribution in [-0.4, -0.2) is 24.6 Å². The lowest BCUT2D eigenvalue weighted by molar-refractivity contribution is -0.384. The van der Waals surface area contributed by atoms with Gasteiger partial charge in [-0.15, -0.1) is 0 Å². The summed E-state index contributed by atoms with van der Waals surface area (Å²) in [7, 11) is 1.25. The van der Waals surface area contributed by atoms with Crippen LogP contribution in [0.25, 0.3) is 0 Å². The summed E-state index contributed by atoms with van der Waals surface area (Å²) in [6, 6.07) is 4.00. The largest absolute Gasteiger partial charge is 0.481 e. The average Bonchev–Trinajstić information content (AvgIpc) is 2.26. The van der Waals surface area contributed by atoms with Gasteiger partial charge in [0.2, 0.25) is 0 Å². The molecule has 0 saturated heterocycles. The molecule has 0 aliphatic heterocycles. The summed E-state index contributed by atoms with van der Waals surface area (Å²) in [6.45, 7) is -0.243. The van der Waals surface area contributed by atoms with Gasteiger partial charge in [0.15, 0.2) is 6.61 Å². The molecule has 0 saturated carbocycles. The highest BCUT2D eigenvalue weighted by molar-refractivity contribution is 9.10. The third-order valence-corrected chi connectivity index (χ3v) is 2.32. The van der Waals surface area contributed by atoms with Gasteiger partial charge in [-0.2, -0.15) is 0 Å². The molecule has 1 aromatic carbocycles. The van der Waals surface area contributed by atoms with E-state index in [0.717, 1.165) is 0 Å². The SMILES string of the molecule is COC(=O)COc1ccc([N+](=O)[O-])cc1Br. The number of hydrogen-bond acceptors (Lipinski definition) is 5. The average molecular weight is 290 g/mol. The molecule has 0 radical (unpaired) electrons. The number of carbonyl (C=O) groups excluding carboxylic acids is 1. The molecule has 6 nitrogen and oxygen atoms in total. The third-order valence-electron chi connectivity index (χ3n) is 1.70. The van der Waals surface area contributed by atoms with Crippen LogP contribution in [0.3, 0.4) is 0 Å². The molecule has 0 bridgehead atoms. The molecule has 0 atom stereocenters. The van der Waals surface area contributed by atoms with E-state index < -0.39 is 10.9 Å². The Kier molecular flexibility index (Phi) is 4.24. The molecule has 0 aromatic heterocycles. The number of non-ortho nitro benzene ring substituents is 1. The summed E-state index contributed by atoms with van der Waals surface area (Å²) in [4.78, 5) is 20.7. The van der Waals surface area contributed by atoms with E-state index >= 15 is 0 Å².